The maximum atomic E-state index is 12.8. The molecule has 0 saturated carbocycles. The molecule has 2 N–H and O–H groups in total. The van der Waals surface area contributed by atoms with E-state index in [1.165, 1.54) is 12.1 Å². The van der Waals surface area contributed by atoms with Crippen molar-refractivity contribution >= 4 is 23.1 Å². The second-order valence-corrected chi connectivity index (χ2v) is 7.48. The number of hydrogen-bond donors (Lipinski definition) is 2. The highest BCUT2D eigenvalue weighted by Crippen LogP contribution is 2.18. The number of aryl methyl sites for hydroxylation is 1. The monoisotopic (exact) mass is 459 g/mol. The van der Waals surface area contributed by atoms with E-state index in [1.54, 1.807) is 46.4 Å². The molecule has 34 heavy (non-hydrogen) atoms. The minimum Gasteiger partial charge on any atom is -0.481 e. The van der Waals surface area contributed by atoms with Crippen molar-refractivity contribution in [2.45, 2.75) is 19.4 Å². The van der Waals surface area contributed by atoms with Gasteiger partial charge < -0.3 is 15.1 Å². The van der Waals surface area contributed by atoms with Crippen molar-refractivity contribution in [2.24, 2.45) is 5.92 Å². The first kappa shape index (κ1) is 23.8. The van der Waals surface area contributed by atoms with Crippen LogP contribution < -0.4 is 25.9 Å². The van der Waals surface area contributed by atoms with Crippen LogP contribution in [0.4, 0.5) is 0 Å². The summed E-state index contributed by atoms with van der Waals surface area (Å²) < 4.78 is 1.60. The molecule has 1 aromatic heterocycles. The number of carboxylic acids is 2. The third-order valence-corrected chi connectivity index (χ3v) is 5.31. The molecule has 0 aliphatic carbocycles. The summed E-state index contributed by atoms with van der Waals surface area (Å²) in [7, 11) is 0. The van der Waals surface area contributed by atoms with Crippen LogP contribution in [0.15, 0.2) is 58.7 Å². The summed E-state index contributed by atoms with van der Waals surface area (Å²) in [6.45, 7) is 0.456. The Morgan fingerprint density at radius 3 is 2.03 bits per heavy atom. The molecule has 3 rings (SSSR count). The molecule has 0 radical (unpaired) electrons. The van der Waals surface area contributed by atoms with Crippen molar-refractivity contribution in [3.05, 3.63) is 85.5 Å². The standard InChI is InChI=1S/C24H18N4O6/c25-13-17(15-1-7-27(8-2-15)11-5-19(29)30)21-23(33)22(24(21)34)18(14-26)16-3-9-28(10-4-16)12-6-20(31)32/h1-4,7-10,15H,5-6,11-12H2,(H-,29,30,31,32)/p+1. The number of carboxylic acid groups (broad SMARTS) is 2. The van der Waals surface area contributed by atoms with Gasteiger partial charge in [0.05, 0.1) is 34.1 Å². The van der Waals surface area contributed by atoms with E-state index in [2.05, 4.69) is 0 Å². The molecular weight excluding hydrogens is 440 g/mol. The van der Waals surface area contributed by atoms with E-state index in [9.17, 15) is 29.7 Å². The Morgan fingerprint density at radius 1 is 0.941 bits per heavy atom. The number of pyridine rings is 1. The van der Waals surface area contributed by atoms with E-state index in [1.807, 2.05) is 12.1 Å². The first-order valence-electron chi connectivity index (χ1n) is 10.2. The largest absolute Gasteiger partial charge is 0.481 e. The summed E-state index contributed by atoms with van der Waals surface area (Å²) in [4.78, 5) is 48.7. The van der Waals surface area contributed by atoms with Gasteiger partial charge in [-0.25, -0.2) is 4.57 Å². The first-order chi connectivity index (χ1) is 16.3. The Balaban J connectivity index is 1.97. The zero-order valence-corrected chi connectivity index (χ0v) is 17.8. The highest BCUT2D eigenvalue weighted by molar-refractivity contribution is 5.77. The average Bonchev–Trinajstić information content (AvgIpc) is 2.83. The molecule has 0 bridgehead atoms. The molecule has 0 unspecified atom stereocenters. The Morgan fingerprint density at radius 2 is 1.53 bits per heavy atom. The van der Waals surface area contributed by atoms with Crippen LogP contribution in [0.25, 0.3) is 11.1 Å². The predicted molar refractivity (Wildman–Crippen MR) is 117 cm³/mol. The van der Waals surface area contributed by atoms with Crippen LogP contribution in [0.2, 0.25) is 0 Å². The summed E-state index contributed by atoms with van der Waals surface area (Å²) >= 11 is 0. The van der Waals surface area contributed by atoms with Gasteiger partial charge in [-0.15, -0.1) is 0 Å². The van der Waals surface area contributed by atoms with Crippen molar-refractivity contribution in [2.75, 3.05) is 6.54 Å². The van der Waals surface area contributed by atoms with E-state index in [0.717, 1.165) is 0 Å². The lowest BCUT2D eigenvalue weighted by molar-refractivity contribution is -0.696. The topological polar surface area (TPSA) is 163 Å². The number of hydrogen-bond acceptors (Lipinski definition) is 7. The van der Waals surface area contributed by atoms with Gasteiger partial charge in [0.15, 0.2) is 18.9 Å². The van der Waals surface area contributed by atoms with E-state index in [4.69, 9.17) is 10.2 Å². The zero-order valence-electron chi connectivity index (χ0n) is 17.8. The molecule has 170 valence electrons. The van der Waals surface area contributed by atoms with Crippen LogP contribution in [0.3, 0.4) is 0 Å². The maximum Gasteiger partial charge on any atom is 0.309 e. The van der Waals surface area contributed by atoms with Gasteiger partial charge in [-0.3, -0.25) is 19.2 Å². The number of carbonyl (C=O) groups is 2. The molecule has 1 aromatic carbocycles. The normalized spacial score (nSPS) is 12.8. The van der Waals surface area contributed by atoms with Crippen LogP contribution in [0, 0.1) is 28.6 Å². The molecule has 1 aliphatic heterocycles. The lowest BCUT2D eigenvalue weighted by atomic mass is 9.92. The minimum absolute atomic E-state index is 0.0407. The van der Waals surface area contributed by atoms with Gasteiger partial charge in [-0.2, -0.15) is 10.5 Å². The van der Waals surface area contributed by atoms with Gasteiger partial charge in [0.1, 0.15) is 12.5 Å². The molecule has 0 fully saturated rings. The van der Waals surface area contributed by atoms with Crippen LogP contribution in [-0.4, -0.2) is 33.6 Å². The summed E-state index contributed by atoms with van der Waals surface area (Å²) in [5.41, 5.74) is -1.20. The van der Waals surface area contributed by atoms with E-state index < -0.39 is 28.7 Å². The zero-order chi connectivity index (χ0) is 24.8. The molecule has 0 saturated heterocycles. The lowest BCUT2D eigenvalue weighted by Crippen LogP contribution is -2.66. The number of rotatable bonds is 8. The molecule has 1 aliphatic rings. The average molecular weight is 459 g/mol. The highest BCUT2D eigenvalue weighted by Gasteiger charge is 2.22. The third-order valence-electron chi connectivity index (χ3n) is 5.31. The first-order valence-corrected chi connectivity index (χ1v) is 10.2. The Labute approximate surface area is 192 Å². The second kappa shape index (κ2) is 10.2. The molecule has 0 spiro atoms. The highest BCUT2D eigenvalue weighted by atomic mass is 16.4. The molecule has 2 heterocycles. The summed E-state index contributed by atoms with van der Waals surface area (Å²) in [6.07, 6.45) is 9.29. The van der Waals surface area contributed by atoms with Gasteiger partial charge >= 0.3 is 11.9 Å². The third kappa shape index (κ3) is 4.97. The van der Waals surface area contributed by atoms with Crippen molar-refractivity contribution in [3.8, 4) is 12.1 Å². The van der Waals surface area contributed by atoms with Crippen molar-refractivity contribution in [1.82, 2.24) is 4.90 Å². The summed E-state index contributed by atoms with van der Waals surface area (Å²) in [5.74, 6) is -2.54. The molecule has 10 nitrogen and oxygen atoms in total. The van der Waals surface area contributed by atoms with E-state index in [-0.39, 0.29) is 47.5 Å². The van der Waals surface area contributed by atoms with Crippen LogP contribution >= 0.6 is 0 Å². The number of allylic oxidation sites excluding steroid dienone is 2. The Hall–Kier alpha value is -4.83. The maximum absolute atomic E-state index is 12.8. The smallest absolute Gasteiger partial charge is 0.309 e. The number of nitriles is 2. The quantitative estimate of drug-likeness (QED) is 0.465. The molecule has 10 heteroatoms. The van der Waals surface area contributed by atoms with Gasteiger partial charge in [0, 0.05) is 42.6 Å². The Bertz CT molecular complexity index is 1430. The SMILES string of the molecule is N#CC(c1cc[n+](CCC(=O)O)cc1)=c1c(=O)c(=C(C#N)C2C=CN(CCC(=O)O)C=C2)c1=O. The number of aliphatic carboxylic acids is 2. The summed E-state index contributed by atoms with van der Waals surface area (Å²) in [6, 6.07) is 6.82. The fraction of sp³-hybridized carbons (Fsp3) is 0.208. The van der Waals surface area contributed by atoms with Gasteiger partial charge in [-0.1, -0.05) is 12.2 Å². The molecule has 2 aromatic rings. The van der Waals surface area contributed by atoms with Crippen molar-refractivity contribution in [3.63, 3.8) is 0 Å². The fourth-order valence-corrected chi connectivity index (χ4v) is 3.51. The van der Waals surface area contributed by atoms with Crippen LogP contribution in [0.5, 0.6) is 0 Å². The van der Waals surface area contributed by atoms with Crippen molar-refractivity contribution in [1.29, 1.82) is 10.5 Å². The molecule has 0 atom stereocenters. The van der Waals surface area contributed by atoms with Gasteiger partial charge in [0.2, 0.25) is 10.9 Å². The second-order valence-electron chi connectivity index (χ2n) is 7.48. The summed E-state index contributed by atoms with van der Waals surface area (Å²) in [5, 5.41) is 36.2. The number of aromatic nitrogens is 1. The Kier molecular flexibility index (Phi) is 7.14. The minimum atomic E-state index is -0.953. The van der Waals surface area contributed by atoms with E-state index >= 15 is 0 Å². The van der Waals surface area contributed by atoms with E-state index in [0.29, 0.717) is 5.56 Å². The predicted octanol–water partition coefficient (Wildman–Crippen LogP) is -1.12. The fourth-order valence-electron chi connectivity index (χ4n) is 3.51. The number of nitrogens with zero attached hydrogens (tertiary/aromatic N) is 4. The molecular formula is C24H19N4O6+. The van der Waals surface area contributed by atoms with Crippen LogP contribution in [-0.2, 0) is 16.1 Å². The van der Waals surface area contributed by atoms with Crippen LogP contribution in [0.1, 0.15) is 18.4 Å². The van der Waals surface area contributed by atoms with Gasteiger partial charge in [0.25, 0.3) is 0 Å². The lowest BCUT2D eigenvalue weighted by Gasteiger charge is -2.20. The van der Waals surface area contributed by atoms with Gasteiger partial charge in [-0.05, 0) is 0 Å². The molecule has 0 amide bonds. The van der Waals surface area contributed by atoms with Crippen molar-refractivity contribution < 1.29 is 24.4 Å².